The van der Waals surface area contributed by atoms with E-state index in [2.05, 4.69) is 20.3 Å². The van der Waals surface area contributed by atoms with Gasteiger partial charge in [-0.15, -0.1) is 11.3 Å². The van der Waals surface area contributed by atoms with Crippen LogP contribution in [0.3, 0.4) is 0 Å². The molecule has 1 fully saturated rings. The number of carbonyl (C=O) groups excluding carboxylic acids is 1. The van der Waals surface area contributed by atoms with Crippen LogP contribution in [0.2, 0.25) is 0 Å². The van der Waals surface area contributed by atoms with Crippen molar-refractivity contribution in [2.45, 2.75) is 13.0 Å². The molecule has 150 valence electrons. The Kier molecular flexibility index (Phi) is 5.89. The van der Waals surface area contributed by atoms with Gasteiger partial charge in [0.2, 0.25) is 5.91 Å². The first-order chi connectivity index (χ1) is 14.1. The van der Waals surface area contributed by atoms with Crippen LogP contribution >= 0.6 is 11.3 Å². The van der Waals surface area contributed by atoms with Crippen molar-refractivity contribution in [3.63, 3.8) is 0 Å². The van der Waals surface area contributed by atoms with E-state index in [1.165, 1.54) is 23.5 Å². The third kappa shape index (κ3) is 4.81. The summed E-state index contributed by atoms with van der Waals surface area (Å²) in [5.74, 6) is -0.455. The largest absolute Gasteiger partial charge is 0.369 e. The lowest BCUT2D eigenvalue weighted by molar-refractivity contribution is -0.119. The van der Waals surface area contributed by atoms with Crippen molar-refractivity contribution in [2.24, 2.45) is 0 Å². The van der Waals surface area contributed by atoms with Gasteiger partial charge in [-0.3, -0.25) is 19.7 Å². The van der Waals surface area contributed by atoms with Crippen LogP contribution in [0.25, 0.3) is 11.3 Å². The molecule has 7 nitrogen and oxygen atoms in total. The number of carbonyl (C=O) groups is 1. The van der Waals surface area contributed by atoms with E-state index in [-0.39, 0.29) is 24.4 Å². The number of amides is 1. The molecule has 0 bridgehead atoms. The summed E-state index contributed by atoms with van der Waals surface area (Å²) in [4.78, 5) is 28.4. The van der Waals surface area contributed by atoms with Crippen LogP contribution < -0.4 is 5.32 Å². The number of morpholine rings is 1. The van der Waals surface area contributed by atoms with Gasteiger partial charge in [0.25, 0.3) is 0 Å². The Labute approximate surface area is 171 Å². The molecule has 2 aromatic heterocycles. The summed E-state index contributed by atoms with van der Waals surface area (Å²) >= 11 is 1.44. The van der Waals surface area contributed by atoms with E-state index < -0.39 is 0 Å². The highest BCUT2D eigenvalue weighted by Crippen LogP contribution is 2.29. The summed E-state index contributed by atoms with van der Waals surface area (Å²) in [6.07, 6.45) is 4.55. The zero-order chi connectivity index (χ0) is 20.2. The SMILES string of the molecule is Cc1cnc(NC(=O)CN2CCO[C@@H](c3nccnc3-c3cccc(F)c3)C2)s1. The summed E-state index contributed by atoms with van der Waals surface area (Å²) in [7, 11) is 0. The predicted molar refractivity (Wildman–Crippen MR) is 108 cm³/mol. The Bertz CT molecular complexity index is 1010. The van der Waals surface area contributed by atoms with Crippen LogP contribution in [-0.2, 0) is 9.53 Å². The van der Waals surface area contributed by atoms with Crippen molar-refractivity contribution >= 4 is 22.4 Å². The first-order valence-corrected chi connectivity index (χ1v) is 10.0. The van der Waals surface area contributed by atoms with Crippen LogP contribution in [-0.4, -0.2) is 52.0 Å². The highest BCUT2D eigenvalue weighted by molar-refractivity contribution is 7.15. The zero-order valence-electron chi connectivity index (χ0n) is 15.8. The molecule has 0 unspecified atom stereocenters. The fourth-order valence-corrected chi connectivity index (χ4v) is 3.91. The van der Waals surface area contributed by atoms with Crippen molar-refractivity contribution in [1.29, 1.82) is 0 Å². The Morgan fingerprint density at radius 3 is 3.00 bits per heavy atom. The number of aromatic nitrogens is 3. The minimum Gasteiger partial charge on any atom is -0.369 e. The average Bonchev–Trinajstić information content (AvgIpc) is 3.12. The van der Waals surface area contributed by atoms with Crippen LogP contribution in [0.15, 0.2) is 42.9 Å². The minimum atomic E-state index is -0.356. The summed E-state index contributed by atoms with van der Waals surface area (Å²) in [6, 6.07) is 6.25. The number of halogens is 1. The summed E-state index contributed by atoms with van der Waals surface area (Å²) in [5.41, 5.74) is 1.87. The highest BCUT2D eigenvalue weighted by atomic mass is 32.1. The van der Waals surface area contributed by atoms with E-state index in [9.17, 15) is 9.18 Å². The fourth-order valence-electron chi connectivity index (χ4n) is 3.23. The maximum Gasteiger partial charge on any atom is 0.240 e. The summed E-state index contributed by atoms with van der Waals surface area (Å²) < 4.78 is 19.6. The van der Waals surface area contributed by atoms with Gasteiger partial charge >= 0.3 is 0 Å². The smallest absolute Gasteiger partial charge is 0.240 e. The molecule has 9 heteroatoms. The predicted octanol–water partition coefficient (Wildman–Crippen LogP) is 3.06. The molecule has 1 N–H and O–H groups in total. The number of aryl methyl sites for hydroxylation is 1. The highest BCUT2D eigenvalue weighted by Gasteiger charge is 2.27. The van der Waals surface area contributed by atoms with E-state index in [4.69, 9.17) is 4.74 Å². The molecule has 1 saturated heterocycles. The molecule has 0 aliphatic carbocycles. The number of thiazole rings is 1. The molecule has 3 heterocycles. The van der Waals surface area contributed by atoms with E-state index in [1.807, 2.05) is 11.8 Å². The maximum absolute atomic E-state index is 13.7. The number of hydrogen-bond donors (Lipinski definition) is 1. The Morgan fingerprint density at radius 1 is 1.34 bits per heavy atom. The first-order valence-electron chi connectivity index (χ1n) is 9.21. The molecular formula is C20H20FN5O2S. The monoisotopic (exact) mass is 413 g/mol. The fraction of sp³-hybridized carbons (Fsp3) is 0.300. The third-order valence-corrected chi connectivity index (χ3v) is 5.34. The van der Waals surface area contributed by atoms with Crippen LogP contribution in [0, 0.1) is 12.7 Å². The number of nitrogens with one attached hydrogen (secondary N) is 1. The van der Waals surface area contributed by atoms with Crippen LogP contribution in [0.5, 0.6) is 0 Å². The second-order valence-corrected chi connectivity index (χ2v) is 7.95. The Hall–Kier alpha value is -2.75. The molecule has 0 radical (unpaired) electrons. The first kappa shape index (κ1) is 19.6. The summed E-state index contributed by atoms with van der Waals surface area (Å²) in [5, 5.41) is 3.42. The van der Waals surface area contributed by atoms with Crippen molar-refractivity contribution in [2.75, 3.05) is 31.6 Å². The second kappa shape index (κ2) is 8.73. The van der Waals surface area contributed by atoms with Gasteiger partial charge in [-0.05, 0) is 19.1 Å². The van der Waals surface area contributed by atoms with Gasteiger partial charge < -0.3 is 10.1 Å². The molecule has 1 aromatic carbocycles. The molecule has 0 spiro atoms. The Balaban J connectivity index is 1.47. The van der Waals surface area contributed by atoms with Gasteiger partial charge in [0.1, 0.15) is 11.9 Å². The van der Waals surface area contributed by atoms with E-state index >= 15 is 0 Å². The van der Waals surface area contributed by atoms with Gasteiger partial charge in [0, 0.05) is 42.1 Å². The number of hydrogen-bond acceptors (Lipinski definition) is 7. The molecule has 1 aliphatic rings. The number of rotatable bonds is 5. The van der Waals surface area contributed by atoms with Crippen molar-refractivity contribution in [1.82, 2.24) is 19.9 Å². The number of nitrogens with zero attached hydrogens (tertiary/aromatic N) is 4. The van der Waals surface area contributed by atoms with Gasteiger partial charge in [0.15, 0.2) is 5.13 Å². The van der Waals surface area contributed by atoms with Gasteiger partial charge in [-0.1, -0.05) is 12.1 Å². The molecular weight excluding hydrogens is 393 g/mol. The van der Waals surface area contributed by atoms with Gasteiger partial charge in [0.05, 0.1) is 24.5 Å². The molecule has 1 atom stereocenters. The number of ether oxygens (including phenoxy) is 1. The molecule has 4 rings (SSSR count). The Morgan fingerprint density at radius 2 is 2.21 bits per heavy atom. The van der Waals surface area contributed by atoms with Gasteiger partial charge in [-0.25, -0.2) is 9.37 Å². The van der Waals surface area contributed by atoms with E-state index in [0.717, 1.165) is 4.88 Å². The van der Waals surface area contributed by atoms with Crippen molar-refractivity contribution in [3.05, 3.63) is 59.2 Å². The molecule has 1 aliphatic heterocycles. The maximum atomic E-state index is 13.7. The lowest BCUT2D eigenvalue weighted by Crippen LogP contribution is -2.42. The average molecular weight is 413 g/mol. The van der Waals surface area contributed by atoms with Crippen LogP contribution in [0.1, 0.15) is 16.7 Å². The lowest BCUT2D eigenvalue weighted by Gasteiger charge is -2.32. The number of anilines is 1. The molecule has 29 heavy (non-hydrogen) atoms. The zero-order valence-corrected chi connectivity index (χ0v) is 16.7. The van der Waals surface area contributed by atoms with Crippen molar-refractivity contribution in [3.8, 4) is 11.3 Å². The topological polar surface area (TPSA) is 80.2 Å². The standard InChI is InChI=1S/C20H20FN5O2S/c1-13-10-24-20(29-13)25-17(27)12-26-7-8-28-16(11-26)19-18(22-5-6-23-19)14-3-2-4-15(21)9-14/h2-6,9-10,16H,7-8,11-12H2,1H3,(H,24,25,27)/t16-/m1/s1. The third-order valence-electron chi connectivity index (χ3n) is 4.51. The molecule has 3 aromatic rings. The quantitative estimate of drug-likeness (QED) is 0.693. The second-order valence-electron chi connectivity index (χ2n) is 6.72. The van der Waals surface area contributed by atoms with Gasteiger partial charge in [-0.2, -0.15) is 0 Å². The normalized spacial score (nSPS) is 17.2. The number of benzene rings is 1. The lowest BCUT2D eigenvalue weighted by atomic mass is 10.1. The van der Waals surface area contributed by atoms with E-state index in [1.54, 1.807) is 30.7 Å². The van der Waals surface area contributed by atoms with Crippen molar-refractivity contribution < 1.29 is 13.9 Å². The van der Waals surface area contributed by atoms with E-state index in [0.29, 0.717) is 41.8 Å². The minimum absolute atomic E-state index is 0.121. The molecule has 1 amide bonds. The summed E-state index contributed by atoms with van der Waals surface area (Å²) in [6.45, 7) is 3.76. The molecule has 0 saturated carbocycles. The van der Waals surface area contributed by atoms with Crippen LogP contribution in [0.4, 0.5) is 9.52 Å².